The Morgan fingerprint density at radius 2 is 2.07 bits per heavy atom. The maximum Gasteiger partial charge on any atom is 0.210 e. The van der Waals surface area contributed by atoms with Gasteiger partial charge in [0.15, 0.2) is 0 Å². The number of aromatic nitrogens is 1. The summed E-state index contributed by atoms with van der Waals surface area (Å²) in [5, 5.41) is 3.10. The van der Waals surface area contributed by atoms with E-state index >= 15 is 0 Å². The van der Waals surface area contributed by atoms with Gasteiger partial charge in [0.1, 0.15) is 5.82 Å². The second-order valence-corrected chi connectivity index (χ2v) is 8.95. The van der Waals surface area contributed by atoms with E-state index in [0.29, 0.717) is 6.54 Å². The number of rotatable bonds is 4. The molecule has 1 N–H and O–H groups in total. The van der Waals surface area contributed by atoms with Crippen LogP contribution in [0.25, 0.3) is 10.9 Å². The third-order valence-corrected chi connectivity index (χ3v) is 7.49. The van der Waals surface area contributed by atoms with Gasteiger partial charge in [0.25, 0.3) is 0 Å². The summed E-state index contributed by atoms with van der Waals surface area (Å²) < 4.78 is 13.8. The molecule has 2 aliphatic rings. The van der Waals surface area contributed by atoms with E-state index in [-0.39, 0.29) is 11.4 Å². The molecule has 1 amide bonds. The van der Waals surface area contributed by atoms with Crippen LogP contribution in [-0.4, -0.2) is 47.4 Å². The number of piperidine rings is 1. The molecule has 1 spiro atoms. The van der Waals surface area contributed by atoms with E-state index in [1.165, 1.54) is 16.5 Å². The van der Waals surface area contributed by atoms with E-state index in [2.05, 4.69) is 27.4 Å². The minimum Gasteiger partial charge on any atom is -0.356 e. The zero-order chi connectivity index (χ0) is 19.1. The number of aromatic amines is 1. The van der Waals surface area contributed by atoms with Crippen LogP contribution in [0.5, 0.6) is 0 Å². The first kappa shape index (κ1) is 17.9. The van der Waals surface area contributed by atoms with Gasteiger partial charge in [-0.05, 0) is 60.9 Å². The first-order valence-corrected chi connectivity index (χ1v) is 10.8. The molecule has 0 unspecified atom stereocenters. The number of amides is 1. The number of halogens is 1. The Bertz CT molecular complexity index is 989. The van der Waals surface area contributed by atoms with Gasteiger partial charge >= 0.3 is 0 Å². The van der Waals surface area contributed by atoms with Crippen LogP contribution in [0.1, 0.15) is 29.0 Å². The van der Waals surface area contributed by atoms with E-state index in [0.717, 1.165) is 68.3 Å². The zero-order valence-electron chi connectivity index (χ0n) is 15.8. The number of nitrogens with one attached hydrogen (secondary N) is 1. The van der Waals surface area contributed by atoms with Crippen molar-refractivity contribution in [1.29, 1.82) is 0 Å². The summed E-state index contributed by atoms with van der Waals surface area (Å²) >= 11 is 1.81. The fourth-order valence-electron chi connectivity index (χ4n) is 5.03. The monoisotopic (exact) mass is 397 g/mol. The number of H-pyrrole nitrogens is 1. The van der Waals surface area contributed by atoms with Gasteiger partial charge in [-0.3, -0.25) is 4.79 Å². The van der Waals surface area contributed by atoms with Crippen molar-refractivity contribution in [3.8, 4) is 0 Å². The summed E-state index contributed by atoms with van der Waals surface area (Å²) in [7, 11) is 0. The lowest BCUT2D eigenvalue weighted by Crippen LogP contribution is -2.56. The summed E-state index contributed by atoms with van der Waals surface area (Å²) in [6, 6.07) is 9.25. The number of carbonyl (C=O) groups excluding carboxylic acids is 1. The molecule has 1 aromatic carbocycles. The molecule has 0 radical (unpaired) electrons. The summed E-state index contributed by atoms with van der Waals surface area (Å²) in [6.45, 7) is 3.70. The number of benzene rings is 1. The van der Waals surface area contributed by atoms with Gasteiger partial charge in [0.05, 0.1) is 5.54 Å². The van der Waals surface area contributed by atoms with Crippen LogP contribution in [0.15, 0.2) is 35.7 Å². The summed E-state index contributed by atoms with van der Waals surface area (Å²) in [4.78, 5) is 21.4. The minimum absolute atomic E-state index is 0.204. The van der Waals surface area contributed by atoms with Crippen LogP contribution in [-0.2, 0) is 23.2 Å². The smallest absolute Gasteiger partial charge is 0.210 e. The average molecular weight is 398 g/mol. The predicted octanol–water partition coefficient (Wildman–Crippen LogP) is 3.92. The number of hydrogen-bond acceptors (Lipinski definition) is 3. The highest BCUT2D eigenvalue weighted by molar-refractivity contribution is 7.09. The van der Waals surface area contributed by atoms with Crippen molar-refractivity contribution < 1.29 is 9.18 Å². The van der Waals surface area contributed by atoms with Gasteiger partial charge in [-0.15, -0.1) is 11.3 Å². The topological polar surface area (TPSA) is 39.3 Å². The van der Waals surface area contributed by atoms with Gasteiger partial charge in [-0.25, -0.2) is 4.39 Å². The largest absolute Gasteiger partial charge is 0.356 e. The molecule has 5 rings (SSSR count). The molecule has 28 heavy (non-hydrogen) atoms. The third-order valence-electron chi connectivity index (χ3n) is 6.55. The lowest BCUT2D eigenvalue weighted by Gasteiger charge is -2.49. The Kier molecular flexibility index (Phi) is 4.48. The summed E-state index contributed by atoms with van der Waals surface area (Å²) in [6.07, 6.45) is 4.70. The third kappa shape index (κ3) is 2.86. The number of nitrogens with zero attached hydrogens (tertiary/aromatic N) is 2. The van der Waals surface area contributed by atoms with Gasteiger partial charge in [0.2, 0.25) is 6.41 Å². The fourth-order valence-corrected chi connectivity index (χ4v) is 5.73. The molecule has 1 saturated heterocycles. The van der Waals surface area contributed by atoms with Crippen molar-refractivity contribution in [2.75, 3.05) is 26.2 Å². The van der Waals surface area contributed by atoms with E-state index in [4.69, 9.17) is 0 Å². The second kappa shape index (κ2) is 7.01. The van der Waals surface area contributed by atoms with Gasteiger partial charge < -0.3 is 14.8 Å². The molecule has 4 heterocycles. The first-order chi connectivity index (χ1) is 13.7. The predicted molar refractivity (Wildman–Crippen MR) is 110 cm³/mol. The van der Waals surface area contributed by atoms with Crippen LogP contribution < -0.4 is 0 Å². The fraction of sp³-hybridized carbons (Fsp3) is 0.409. The lowest BCUT2D eigenvalue weighted by atomic mass is 9.78. The number of fused-ring (bicyclic) bond motifs is 4. The molecule has 4 nitrogen and oxygen atoms in total. The maximum atomic E-state index is 13.8. The van der Waals surface area contributed by atoms with Gasteiger partial charge in [0, 0.05) is 47.7 Å². The highest BCUT2D eigenvalue weighted by atomic mass is 32.1. The van der Waals surface area contributed by atoms with Crippen molar-refractivity contribution in [3.63, 3.8) is 0 Å². The molecule has 0 saturated carbocycles. The number of carbonyl (C=O) groups is 1. The molecule has 0 bridgehead atoms. The maximum absolute atomic E-state index is 13.8. The van der Waals surface area contributed by atoms with Crippen molar-refractivity contribution in [2.45, 2.75) is 31.2 Å². The Morgan fingerprint density at radius 3 is 2.82 bits per heavy atom. The molecule has 146 valence electrons. The Morgan fingerprint density at radius 1 is 1.21 bits per heavy atom. The molecule has 0 atom stereocenters. The summed E-state index contributed by atoms with van der Waals surface area (Å²) in [5.74, 6) is -0.204. The van der Waals surface area contributed by atoms with E-state index in [9.17, 15) is 9.18 Å². The number of likely N-dealkylation sites (tertiary alicyclic amines) is 1. The molecule has 2 aliphatic heterocycles. The Labute approximate surface area is 168 Å². The van der Waals surface area contributed by atoms with Crippen LogP contribution in [0, 0.1) is 5.82 Å². The van der Waals surface area contributed by atoms with Crippen LogP contribution in [0.4, 0.5) is 4.39 Å². The van der Waals surface area contributed by atoms with Crippen molar-refractivity contribution in [2.24, 2.45) is 0 Å². The Hall–Kier alpha value is -2.18. The number of hydrogen-bond donors (Lipinski definition) is 1. The van der Waals surface area contributed by atoms with Crippen molar-refractivity contribution >= 4 is 28.6 Å². The summed E-state index contributed by atoms with van der Waals surface area (Å²) in [5.41, 5.74) is 3.01. The van der Waals surface area contributed by atoms with Gasteiger partial charge in [-0.1, -0.05) is 6.07 Å². The molecule has 0 aliphatic carbocycles. The molecule has 2 aromatic heterocycles. The highest BCUT2D eigenvalue weighted by Crippen LogP contribution is 2.44. The van der Waals surface area contributed by atoms with Crippen LogP contribution in [0.2, 0.25) is 0 Å². The molecule has 3 aromatic rings. The number of thiophene rings is 1. The molecular weight excluding hydrogens is 373 g/mol. The lowest BCUT2D eigenvalue weighted by molar-refractivity contribution is -0.127. The normalized spacial score (nSPS) is 19.2. The van der Waals surface area contributed by atoms with E-state index < -0.39 is 0 Å². The molecular formula is C22H24FN3OS. The standard InChI is InChI=1S/C22H24FN3OS/c23-16-3-4-20-19(14-16)18-6-10-26(15-27)22(21(18)24-20)7-11-25(12-8-22)9-5-17-2-1-13-28-17/h1-4,13-15,24H,5-12H2. The second-order valence-electron chi connectivity index (χ2n) is 7.92. The SMILES string of the molecule is O=CN1CCc2c([nH]c3ccc(F)cc23)C12CCN(CCc1cccs1)CC2. The quantitative estimate of drug-likeness (QED) is 0.678. The van der Waals surface area contributed by atoms with Crippen molar-refractivity contribution in [3.05, 3.63) is 57.7 Å². The molecule has 1 fully saturated rings. The zero-order valence-corrected chi connectivity index (χ0v) is 16.6. The van der Waals surface area contributed by atoms with E-state index in [1.54, 1.807) is 6.07 Å². The van der Waals surface area contributed by atoms with Crippen LogP contribution >= 0.6 is 11.3 Å². The molecule has 6 heteroatoms. The Balaban J connectivity index is 1.42. The van der Waals surface area contributed by atoms with E-state index in [1.807, 2.05) is 22.3 Å². The first-order valence-electron chi connectivity index (χ1n) is 9.97. The minimum atomic E-state index is -0.287. The average Bonchev–Trinajstić information content (AvgIpc) is 3.36. The van der Waals surface area contributed by atoms with Crippen LogP contribution in [0.3, 0.4) is 0 Å². The van der Waals surface area contributed by atoms with Gasteiger partial charge in [-0.2, -0.15) is 0 Å². The van der Waals surface area contributed by atoms with Crippen molar-refractivity contribution in [1.82, 2.24) is 14.8 Å². The highest BCUT2D eigenvalue weighted by Gasteiger charge is 2.46.